The Hall–Kier alpha value is -1.86. The van der Waals surface area contributed by atoms with Crippen LogP contribution in [0.4, 0.5) is 0 Å². The minimum absolute atomic E-state index is 0. The van der Waals surface area contributed by atoms with Gasteiger partial charge in [0.25, 0.3) is 0 Å². The number of halogens is 3. The summed E-state index contributed by atoms with van der Waals surface area (Å²) in [7, 11) is 0. The Morgan fingerprint density at radius 2 is 1.93 bits per heavy atom. The highest BCUT2D eigenvalue weighted by molar-refractivity contribution is 7.10. The predicted molar refractivity (Wildman–Crippen MR) is 122 cm³/mol. The van der Waals surface area contributed by atoms with E-state index in [9.17, 15) is 0 Å². The topological polar surface area (TPSA) is 63.7 Å². The molecule has 0 aliphatic rings. The van der Waals surface area contributed by atoms with Crippen molar-refractivity contribution < 1.29 is 4.74 Å². The van der Waals surface area contributed by atoms with E-state index in [1.165, 1.54) is 0 Å². The van der Waals surface area contributed by atoms with Crippen LogP contribution < -0.4 is 4.74 Å². The van der Waals surface area contributed by atoms with Crippen LogP contribution in [-0.2, 0) is 6.42 Å². The number of imidazole rings is 1. The van der Waals surface area contributed by atoms with Gasteiger partial charge >= 0.3 is 0 Å². The predicted octanol–water partition coefficient (Wildman–Crippen LogP) is 6.44. The molecule has 4 aromatic rings. The molecule has 9 heteroatoms. The Morgan fingerprint density at radius 3 is 2.72 bits per heavy atom. The van der Waals surface area contributed by atoms with Crippen molar-refractivity contribution in [3.8, 4) is 17.3 Å². The third-order valence-electron chi connectivity index (χ3n) is 4.04. The number of fused-ring (bicyclic) bond motifs is 1. The fraction of sp³-hybridized carbons (Fsp3) is 0.250. The second-order valence-corrected chi connectivity index (χ2v) is 8.62. The van der Waals surface area contributed by atoms with E-state index in [1.54, 1.807) is 17.4 Å². The molecule has 0 aliphatic heterocycles. The highest BCUT2D eigenvalue weighted by atomic mass is 35.5. The van der Waals surface area contributed by atoms with Crippen LogP contribution in [-0.4, -0.2) is 26.5 Å². The molecular weight excluding hydrogens is 451 g/mol. The van der Waals surface area contributed by atoms with E-state index in [0.717, 1.165) is 27.5 Å². The average molecular weight is 470 g/mol. The van der Waals surface area contributed by atoms with Crippen LogP contribution in [0, 0.1) is 5.92 Å². The van der Waals surface area contributed by atoms with Gasteiger partial charge in [-0.15, -0.1) is 23.7 Å². The molecule has 0 spiro atoms. The Bertz CT molecular complexity index is 1130. The molecule has 4 rings (SSSR count). The fourth-order valence-corrected chi connectivity index (χ4v) is 3.88. The summed E-state index contributed by atoms with van der Waals surface area (Å²) in [6.45, 7) is 4.91. The summed E-state index contributed by atoms with van der Waals surface area (Å²) >= 11 is 13.7. The van der Waals surface area contributed by atoms with E-state index in [2.05, 4.69) is 28.8 Å². The van der Waals surface area contributed by atoms with Crippen molar-refractivity contribution in [2.75, 3.05) is 6.61 Å². The summed E-state index contributed by atoms with van der Waals surface area (Å²) in [6.07, 6.45) is 0.642. The average Bonchev–Trinajstić information content (AvgIpc) is 3.27. The zero-order valence-electron chi connectivity index (χ0n) is 15.8. The summed E-state index contributed by atoms with van der Waals surface area (Å²) in [4.78, 5) is 16.7. The zero-order chi connectivity index (χ0) is 19.7. The van der Waals surface area contributed by atoms with Crippen molar-refractivity contribution in [1.82, 2.24) is 19.9 Å². The smallest absolute Gasteiger partial charge is 0.179 e. The maximum Gasteiger partial charge on any atom is 0.179 e. The molecule has 1 N–H and O–H groups in total. The van der Waals surface area contributed by atoms with Crippen LogP contribution in [0.1, 0.15) is 24.4 Å². The molecule has 3 aromatic heterocycles. The first kappa shape index (κ1) is 21.8. The van der Waals surface area contributed by atoms with E-state index >= 15 is 0 Å². The normalized spacial score (nSPS) is 11.1. The first-order chi connectivity index (χ1) is 13.5. The van der Waals surface area contributed by atoms with E-state index in [0.29, 0.717) is 40.6 Å². The molecule has 29 heavy (non-hydrogen) atoms. The number of H-pyrrole nitrogens is 1. The molecule has 0 saturated carbocycles. The summed E-state index contributed by atoms with van der Waals surface area (Å²) in [5.41, 5.74) is 3.21. The van der Waals surface area contributed by atoms with Crippen LogP contribution in [0.25, 0.3) is 22.7 Å². The van der Waals surface area contributed by atoms with Gasteiger partial charge in [-0.25, -0.2) is 15.0 Å². The van der Waals surface area contributed by atoms with Gasteiger partial charge in [0.1, 0.15) is 16.6 Å². The van der Waals surface area contributed by atoms with Crippen molar-refractivity contribution in [3.05, 3.63) is 56.5 Å². The molecule has 5 nitrogen and oxygen atoms in total. The number of benzene rings is 1. The fourth-order valence-electron chi connectivity index (χ4n) is 2.74. The van der Waals surface area contributed by atoms with E-state index in [4.69, 9.17) is 32.9 Å². The quantitative estimate of drug-likeness (QED) is 0.330. The highest BCUT2D eigenvalue weighted by Crippen LogP contribution is 2.29. The Balaban J connectivity index is 0.00000240. The molecule has 0 saturated heterocycles. The third-order valence-corrected chi connectivity index (χ3v) is 5.34. The zero-order valence-corrected chi connectivity index (χ0v) is 18.9. The van der Waals surface area contributed by atoms with Crippen molar-refractivity contribution >= 4 is 58.1 Å². The van der Waals surface area contributed by atoms with Crippen LogP contribution >= 0.6 is 46.9 Å². The summed E-state index contributed by atoms with van der Waals surface area (Å²) < 4.78 is 5.95. The van der Waals surface area contributed by atoms with Gasteiger partial charge in [-0.1, -0.05) is 37.0 Å². The van der Waals surface area contributed by atoms with E-state index in [-0.39, 0.29) is 12.4 Å². The largest absolute Gasteiger partial charge is 0.493 e. The lowest BCUT2D eigenvalue weighted by Crippen LogP contribution is -2.06. The summed E-state index contributed by atoms with van der Waals surface area (Å²) in [5, 5.41) is 4.04. The molecule has 3 heterocycles. The molecule has 0 aliphatic carbocycles. The number of nitrogens with zero attached hydrogens (tertiary/aromatic N) is 3. The van der Waals surface area contributed by atoms with Crippen LogP contribution in [0.2, 0.25) is 10.2 Å². The van der Waals surface area contributed by atoms with Gasteiger partial charge in [-0.3, -0.25) is 0 Å². The van der Waals surface area contributed by atoms with Crippen molar-refractivity contribution in [2.45, 2.75) is 20.3 Å². The number of rotatable bonds is 6. The van der Waals surface area contributed by atoms with Gasteiger partial charge in [0.2, 0.25) is 0 Å². The maximum atomic E-state index is 6.20. The van der Waals surface area contributed by atoms with Crippen LogP contribution in [0.15, 0.2) is 35.7 Å². The molecule has 0 radical (unpaired) electrons. The van der Waals surface area contributed by atoms with Gasteiger partial charge in [-0.05, 0) is 36.2 Å². The molecule has 0 bridgehead atoms. The molecule has 0 amide bonds. The molecule has 0 fully saturated rings. The minimum atomic E-state index is 0. The Kier molecular flexibility index (Phi) is 7.01. The van der Waals surface area contributed by atoms with Gasteiger partial charge in [0.15, 0.2) is 11.5 Å². The van der Waals surface area contributed by atoms with E-state index in [1.807, 2.05) is 29.6 Å². The Labute approximate surface area is 188 Å². The number of pyridine rings is 1. The number of hydrogen-bond acceptors (Lipinski definition) is 5. The monoisotopic (exact) mass is 468 g/mol. The maximum absolute atomic E-state index is 6.20. The van der Waals surface area contributed by atoms with Gasteiger partial charge in [0.05, 0.1) is 17.1 Å². The number of ether oxygens (including phenoxy) is 1. The second-order valence-electron chi connectivity index (χ2n) is 6.85. The first-order valence-electron chi connectivity index (χ1n) is 8.86. The Morgan fingerprint density at radius 1 is 1.10 bits per heavy atom. The van der Waals surface area contributed by atoms with Gasteiger partial charge in [-0.2, -0.15) is 0 Å². The lowest BCUT2D eigenvalue weighted by atomic mass is 10.1. The number of nitrogens with one attached hydrogen (secondary N) is 1. The minimum Gasteiger partial charge on any atom is -0.493 e. The molecular formula is C20H19Cl3N4OS. The van der Waals surface area contributed by atoms with E-state index < -0.39 is 0 Å². The van der Waals surface area contributed by atoms with Crippen molar-refractivity contribution in [3.63, 3.8) is 0 Å². The standard InChI is InChI=1S/C20H18Cl2N4OS.ClH/c1-11(2)9-27-16-5-3-13(21)7-12(16)8-18-23-15(10-28-18)20-24-14-4-6-17(22)25-19(14)26-20;/h3-7,10-11H,8-9H2,1-2H3,(H,24,25,26);1H. The number of aromatic amines is 1. The second kappa shape index (κ2) is 9.30. The summed E-state index contributed by atoms with van der Waals surface area (Å²) in [6, 6.07) is 9.30. The SMILES string of the molecule is CC(C)COc1ccc(Cl)cc1Cc1nc(-c2nc3nc(Cl)ccc3[nH]2)cs1.Cl. The third kappa shape index (κ3) is 5.20. The highest BCUT2D eigenvalue weighted by Gasteiger charge is 2.13. The van der Waals surface area contributed by atoms with Crippen LogP contribution in [0.5, 0.6) is 5.75 Å². The molecule has 0 atom stereocenters. The molecule has 0 unspecified atom stereocenters. The lowest BCUT2D eigenvalue weighted by Gasteiger charge is -2.13. The first-order valence-corrected chi connectivity index (χ1v) is 10.5. The number of aromatic nitrogens is 4. The van der Waals surface area contributed by atoms with Gasteiger partial charge in [0, 0.05) is 22.4 Å². The van der Waals surface area contributed by atoms with Crippen molar-refractivity contribution in [1.29, 1.82) is 0 Å². The number of hydrogen-bond donors (Lipinski definition) is 1. The van der Waals surface area contributed by atoms with Crippen molar-refractivity contribution in [2.24, 2.45) is 5.92 Å². The molecule has 1 aromatic carbocycles. The summed E-state index contributed by atoms with van der Waals surface area (Å²) in [5.74, 6) is 1.97. The lowest BCUT2D eigenvalue weighted by molar-refractivity contribution is 0.269. The molecule has 152 valence electrons. The van der Waals surface area contributed by atoms with Crippen LogP contribution in [0.3, 0.4) is 0 Å². The number of thiazole rings is 1. The van der Waals surface area contributed by atoms with Gasteiger partial charge < -0.3 is 9.72 Å².